The van der Waals surface area contributed by atoms with Crippen molar-refractivity contribution in [1.29, 1.82) is 0 Å². The first-order valence-corrected chi connectivity index (χ1v) is 4.01. The van der Waals surface area contributed by atoms with Gasteiger partial charge in [0.05, 0.1) is 0 Å². The monoisotopic (exact) mass is 330 g/mol. The van der Waals surface area contributed by atoms with Crippen molar-refractivity contribution in [3.05, 3.63) is 23.3 Å². The molecule has 1 rings (SSSR count). The smallest absolute Gasteiger partial charge is 0 e. The summed E-state index contributed by atoms with van der Waals surface area (Å²) >= 11 is 0. The van der Waals surface area contributed by atoms with Gasteiger partial charge in [0, 0.05) is 21.1 Å². The molecule has 0 fully saturated rings. The first kappa shape index (κ1) is 11.2. The largest absolute Gasteiger partial charge is 0.497 e. The summed E-state index contributed by atoms with van der Waals surface area (Å²) in [7, 11) is 0. The maximum absolute atomic E-state index is 3.39. The van der Waals surface area contributed by atoms with Gasteiger partial charge in [0.1, 0.15) is 0 Å². The van der Waals surface area contributed by atoms with Gasteiger partial charge in [-0.15, -0.1) is 0 Å². The number of rotatable bonds is 0. The second-order valence-electron chi connectivity index (χ2n) is 3.05. The van der Waals surface area contributed by atoms with E-state index in [0.717, 1.165) is 6.42 Å². The first-order chi connectivity index (χ1) is 4.79. The molecule has 0 heterocycles. The Morgan fingerprint density at radius 2 is 2.00 bits per heavy atom. The van der Waals surface area contributed by atoms with Gasteiger partial charge in [-0.25, -0.2) is 0 Å². The molecular formula is C10H15Pt-. The summed E-state index contributed by atoms with van der Waals surface area (Å²) in [5, 5.41) is 0. The number of allylic oxidation sites excluding steroid dienone is 4. The molecule has 0 amide bonds. The summed E-state index contributed by atoms with van der Waals surface area (Å²) in [4.78, 5) is 0. The molecule has 1 aliphatic carbocycles. The third-order valence-corrected chi connectivity index (χ3v) is 1.96. The van der Waals surface area contributed by atoms with Gasteiger partial charge in [-0.2, -0.15) is 6.42 Å². The van der Waals surface area contributed by atoms with E-state index in [1.165, 1.54) is 30.4 Å². The second kappa shape index (κ2) is 5.77. The molecule has 66 valence electrons. The van der Waals surface area contributed by atoms with Gasteiger partial charge in [-0.1, -0.05) is 31.4 Å². The average molecular weight is 330 g/mol. The van der Waals surface area contributed by atoms with Crippen molar-refractivity contribution in [3.8, 4) is 0 Å². The van der Waals surface area contributed by atoms with Gasteiger partial charge in [0.15, 0.2) is 0 Å². The normalized spacial score (nSPS) is 23.5. The Balaban J connectivity index is 0.000001000. The van der Waals surface area contributed by atoms with Crippen LogP contribution < -0.4 is 0 Å². The molecule has 0 unspecified atom stereocenters. The van der Waals surface area contributed by atoms with Crippen molar-refractivity contribution in [2.24, 2.45) is 0 Å². The fourth-order valence-corrected chi connectivity index (χ4v) is 1.20. The van der Waals surface area contributed by atoms with Crippen LogP contribution in [0.15, 0.2) is 17.2 Å². The van der Waals surface area contributed by atoms with Gasteiger partial charge in [0.2, 0.25) is 0 Å². The molecule has 0 spiro atoms. The molecular weight excluding hydrogens is 315 g/mol. The van der Waals surface area contributed by atoms with Crippen molar-refractivity contribution in [2.75, 3.05) is 0 Å². The first-order valence-electron chi connectivity index (χ1n) is 4.01. The van der Waals surface area contributed by atoms with Gasteiger partial charge >= 0.3 is 0 Å². The van der Waals surface area contributed by atoms with Crippen molar-refractivity contribution in [2.45, 2.75) is 39.5 Å². The van der Waals surface area contributed by atoms with Crippen LogP contribution in [-0.4, -0.2) is 0 Å². The van der Waals surface area contributed by atoms with Crippen LogP contribution in [0.3, 0.4) is 0 Å². The van der Waals surface area contributed by atoms with Gasteiger partial charge < -0.3 is 6.08 Å². The van der Waals surface area contributed by atoms with Gasteiger partial charge in [-0.05, 0) is 13.3 Å². The van der Waals surface area contributed by atoms with E-state index in [-0.39, 0.29) is 21.1 Å². The SMILES string of the molecule is CC1=[C-]CC/C(C)=C\CC1.[Pt]. The van der Waals surface area contributed by atoms with Crippen LogP contribution in [0.5, 0.6) is 0 Å². The molecule has 0 aliphatic heterocycles. The second-order valence-corrected chi connectivity index (χ2v) is 3.05. The standard InChI is InChI=1S/C10H15.Pt/c1-9-5-3-7-10(2)8-4-6-9;/h5H,3-4,6-7H2,1-2H3;/q-1;/b9-5-;. The van der Waals surface area contributed by atoms with E-state index in [1.54, 1.807) is 0 Å². The van der Waals surface area contributed by atoms with Crippen molar-refractivity contribution in [1.82, 2.24) is 0 Å². The molecule has 1 heteroatoms. The molecule has 0 aromatic carbocycles. The van der Waals surface area contributed by atoms with Crippen LogP contribution in [0.1, 0.15) is 39.5 Å². The Morgan fingerprint density at radius 3 is 2.73 bits per heavy atom. The Kier molecular flexibility index (Phi) is 5.86. The van der Waals surface area contributed by atoms with Gasteiger partial charge in [0.25, 0.3) is 0 Å². The van der Waals surface area contributed by atoms with E-state index < -0.39 is 0 Å². The van der Waals surface area contributed by atoms with Crippen molar-refractivity contribution >= 4 is 0 Å². The van der Waals surface area contributed by atoms with E-state index in [9.17, 15) is 0 Å². The van der Waals surface area contributed by atoms with Crippen LogP contribution in [0.2, 0.25) is 0 Å². The molecule has 0 aromatic rings. The predicted octanol–water partition coefficient (Wildman–Crippen LogP) is 3.25. The maximum atomic E-state index is 3.39. The molecule has 0 N–H and O–H groups in total. The summed E-state index contributed by atoms with van der Waals surface area (Å²) in [6.45, 7) is 4.39. The number of hydrogen-bond donors (Lipinski definition) is 0. The zero-order valence-electron chi connectivity index (χ0n) is 7.22. The summed E-state index contributed by atoms with van der Waals surface area (Å²) in [6.07, 6.45) is 10.5. The average Bonchev–Trinajstić information content (AvgIpc) is 1.84. The van der Waals surface area contributed by atoms with Crippen LogP contribution in [0, 0.1) is 6.08 Å². The Bertz CT molecular complexity index is 146. The van der Waals surface area contributed by atoms with Crippen molar-refractivity contribution < 1.29 is 21.1 Å². The minimum absolute atomic E-state index is 0. The van der Waals surface area contributed by atoms with Crippen molar-refractivity contribution in [3.63, 3.8) is 0 Å². The third kappa shape index (κ3) is 4.58. The molecule has 11 heavy (non-hydrogen) atoms. The van der Waals surface area contributed by atoms with E-state index in [1.807, 2.05) is 0 Å². The Labute approximate surface area is 84.0 Å². The van der Waals surface area contributed by atoms with Crippen LogP contribution in [0.25, 0.3) is 0 Å². The fraction of sp³-hybridized carbons (Fsp3) is 0.600. The molecule has 0 aromatic heterocycles. The molecule has 0 atom stereocenters. The topological polar surface area (TPSA) is 0 Å². The van der Waals surface area contributed by atoms with Crippen LogP contribution in [-0.2, 0) is 21.1 Å². The minimum Gasteiger partial charge on any atom is -0.497 e. The van der Waals surface area contributed by atoms with Gasteiger partial charge in [-0.3, -0.25) is 5.57 Å². The molecule has 0 saturated carbocycles. The van der Waals surface area contributed by atoms with E-state index >= 15 is 0 Å². The summed E-state index contributed by atoms with van der Waals surface area (Å²) < 4.78 is 0. The quantitative estimate of drug-likeness (QED) is 0.472. The van der Waals surface area contributed by atoms with E-state index in [0.29, 0.717) is 0 Å². The van der Waals surface area contributed by atoms with Crippen LogP contribution >= 0.6 is 0 Å². The van der Waals surface area contributed by atoms with E-state index in [2.05, 4.69) is 26.0 Å². The fourth-order valence-electron chi connectivity index (χ4n) is 1.20. The Morgan fingerprint density at radius 1 is 1.27 bits per heavy atom. The summed E-state index contributed by atoms with van der Waals surface area (Å²) in [6, 6.07) is 0. The maximum Gasteiger partial charge on any atom is 0 e. The third-order valence-electron chi connectivity index (χ3n) is 1.96. The zero-order valence-corrected chi connectivity index (χ0v) is 9.49. The van der Waals surface area contributed by atoms with Crippen LogP contribution in [0.4, 0.5) is 0 Å². The predicted molar refractivity (Wildman–Crippen MR) is 44.7 cm³/mol. The minimum atomic E-state index is 0. The zero-order chi connectivity index (χ0) is 7.40. The molecule has 0 radical (unpaired) electrons. The Hall–Kier alpha value is 0.168. The molecule has 0 saturated heterocycles. The summed E-state index contributed by atoms with van der Waals surface area (Å²) in [5.41, 5.74) is 2.96. The molecule has 0 nitrogen and oxygen atoms in total. The summed E-state index contributed by atoms with van der Waals surface area (Å²) in [5.74, 6) is 0. The van der Waals surface area contributed by atoms with E-state index in [4.69, 9.17) is 0 Å². The number of hydrogen-bond acceptors (Lipinski definition) is 0. The molecule has 0 bridgehead atoms. The molecule has 1 aliphatic rings.